The lowest BCUT2D eigenvalue weighted by molar-refractivity contribution is -0.384. The van der Waals surface area contributed by atoms with Gasteiger partial charge in [0.25, 0.3) is 5.69 Å². The van der Waals surface area contributed by atoms with E-state index >= 15 is 0 Å². The van der Waals surface area contributed by atoms with Gasteiger partial charge in [-0.2, -0.15) is 0 Å². The van der Waals surface area contributed by atoms with E-state index in [2.05, 4.69) is 4.99 Å². The molecule has 0 fully saturated rings. The van der Waals surface area contributed by atoms with Crippen molar-refractivity contribution in [2.45, 2.75) is 5.88 Å². The summed E-state index contributed by atoms with van der Waals surface area (Å²) >= 11 is 6.09. The molecule has 35 heavy (non-hydrogen) atoms. The minimum atomic E-state index is -0.662. The predicted molar refractivity (Wildman–Crippen MR) is 130 cm³/mol. The molecule has 0 saturated carbocycles. The second-order valence-corrected chi connectivity index (χ2v) is 7.91. The first kappa shape index (κ1) is 22.4. The number of ether oxygens (including phenoxy) is 3. The van der Waals surface area contributed by atoms with Crippen LogP contribution in [0.5, 0.6) is 11.5 Å². The number of benzene rings is 3. The normalized spacial score (nSPS) is 16.6. The number of carbonyl (C=O) groups excluding carboxylic acids is 1. The Labute approximate surface area is 204 Å². The van der Waals surface area contributed by atoms with Crippen LogP contribution in [0, 0.1) is 10.1 Å². The third-order valence-electron chi connectivity index (χ3n) is 5.54. The van der Waals surface area contributed by atoms with Crippen LogP contribution in [-0.2, 0) is 15.4 Å². The Morgan fingerprint density at radius 3 is 2.63 bits per heavy atom. The molecule has 8 nitrogen and oxygen atoms in total. The van der Waals surface area contributed by atoms with Gasteiger partial charge in [0.1, 0.15) is 17.3 Å². The molecule has 0 aliphatic carbocycles. The number of allylic oxidation sites excluding steroid dienone is 2. The summed E-state index contributed by atoms with van der Waals surface area (Å²) in [5.41, 5.74) is 2.98. The molecule has 0 aromatic heterocycles. The molecule has 3 aromatic rings. The molecule has 0 unspecified atom stereocenters. The van der Waals surface area contributed by atoms with E-state index in [4.69, 9.17) is 25.8 Å². The largest absolute Gasteiger partial charge is 0.496 e. The molecule has 0 spiro atoms. The average Bonchev–Trinajstić information content (AvgIpc) is 3.29. The second-order valence-electron chi connectivity index (χ2n) is 7.64. The van der Waals surface area contributed by atoms with Gasteiger partial charge in [0.2, 0.25) is 5.90 Å². The minimum Gasteiger partial charge on any atom is -0.496 e. The Balaban J connectivity index is 1.65. The lowest BCUT2D eigenvalue weighted by Gasteiger charge is -2.21. The number of esters is 1. The van der Waals surface area contributed by atoms with E-state index in [0.717, 1.165) is 11.1 Å². The van der Waals surface area contributed by atoms with Gasteiger partial charge in [0, 0.05) is 40.0 Å². The van der Waals surface area contributed by atoms with Crippen molar-refractivity contribution in [3.63, 3.8) is 0 Å². The molecular weight excluding hydrogens is 472 g/mol. The van der Waals surface area contributed by atoms with Gasteiger partial charge in [0.15, 0.2) is 5.70 Å². The van der Waals surface area contributed by atoms with E-state index < -0.39 is 10.9 Å². The Bertz CT molecular complexity index is 1470. The summed E-state index contributed by atoms with van der Waals surface area (Å²) < 4.78 is 16.9. The highest BCUT2D eigenvalue weighted by Crippen LogP contribution is 2.40. The SMILES string of the molecule is COc1ccc(C2=CC(=C3N=C(c4cccc([N+](=O)[O-])c4)OC3=O)c3ccccc3O2)cc1CCl. The molecular formula is C26H17ClN2O6. The van der Waals surface area contributed by atoms with Crippen molar-refractivity contribution in [3.8, 4) is 11.5 Å². The maximum Gasteiger partial charge on any atom is 0.364 e. The van der Waals surface area contributed by atoms with Crippen LogP contribution in [0.4, 0.5) is 5.69 Å². The van der Waals surface area contributed by atoms with Crippen LogP contribution in [0.1, 0.15) is 22.3 Å². The highest BCUT2D eigenvalue weighted by atomic mass is 35.5. The van der Waals surface area contributed by atoms with Gasteiger partial charge in [-0.15, -0.1) is 11.6 Å². The first-order chi connectivity index (χ1) is 17.0. The van der Waals surface area contributed by atoms with Gasteiger partial charge in [-0.3, -0.25) is 10.1 Å². The van der Waals surface area contributed by atoms with Crippen LogP contribution in [0.2, 0.25) is 0 Å². The molecule has 0 bridgehead atoms. The number of aliphatic imine (C=N–C) groups is 1. The number of halogens is 1. The number of carbonyl (C=O) groups is 1. The summed E-state index contributed by atoms with van der Waals surface area (Å²) in [5.74, 6) is 1.27. The number of nitro benzene ring substituents is 1. The molecule has 5 rings (SSSR count). The summed E-state index contributed by atoms with van der Waals surface area (Å²) in [7, 11) is 1.57. The molecule has 2 heterocycles. The van der Waals surface area contributed by atoms with Crippen LogP contribution in [0.3, 0.4) is 0 Å². The van der Waals surface area contributed by atoms with Gasteiger partial charge >= 0.3 is 5.97 Å². The zero-order valence-electron chi connectivity index (χ0n) is 18.4. The smallest absolute Gasteiger partial charge is 0.364 e. The standard InChI is InChI=1S/C26H17ClN2O6/c1-33-21-10-9-15(11-17(21)14-27)23-13-20(19-7-2-3-8-22(19)34-23)24-26(30)35-25(28-24)16-5-4-6-18(12-16)29(31)32/h2-13H,14H2,1H3. The van der Waals surface area contributed by atoms with Crippen molar-refractivity contribution >= 4 is 40.5 Å². The first-order valence-corrected chi connectivity index (χ1v) is 11.0. The lowest BCUT2D eigenvalue weighted by atomic mass is 9.97. The predicted octanol–water partition coefficient (Wildman–Crippen LogP) is 5.49. The van der Waals surface area contributed by atoms with Crippen LogP contribution in [0.15, 0.2) is 83.5 Å². The van der Waals surface area contributed by atoms with Crippen LogP contribution in [0.25, 0.3) is 11.3 Å². The number of nitrogens with zero attached hydrogens (tertiary/aromatic N) is 2. The van der Waals surface area contributed by atoms with Crippen molar-refractivity contribution in [2.24, 2.45) is 4.99 Å². The third-order valence-corrected chi connectivity index (χ3v) is 5.82. The van der Waals surface area contributed by atoms with Crippen molar-refractivity contribution in [1.29, 1.82) is 0 Å². The van der Waals surface area contributed by atoms with E-state index in [0.29, 0.717) is 34.0 Å². The number of hydrogen-bond donors (Lipinski definition) is 0. The Morgan fingerprint density at radius 2 is 1.86 bits per heavy atom. The molecule has 2 aliphatic rings. The zero-order valence-corrected chi connectivity index (χ0v) is 19.1. The summed E-state index contributed by atoms with van der Waals surface area (Å²) in [6.07, 6.45) is 1.72. The monoisotopic (exact) mass is 488 g/mol. The number of hydrogen-bond acceptors (Lipinski definition) is 7. The molecule has 3 aromatic carbocycles. The number of methoxy groups -OCH3 is 1. The number of rotatable bonds is 5. The quantitative estimate of drug-likeness (QED) is 0.155. The average molecular weight is 489 g/mol. The number of alkyl halides is 1. The van der Waals surface area contributed by atoms with E-state index in [-0.39, 0.29) is 23.2 Å². The Hall–Kier alpha value is -4.43. The number of cyclic esters (lactones) is 1. The third kappa shape index (κ3) is 4.15. The van der Waals surface area contributed by atoms with Crippen molar-refractivity contribution < 1.29 is 23.9 Å². The topological polar surface area (TPSA) is 100 Å². The number of non-ortho nitro benzene ring substituents is 1. The minimum absolute atomic E-state index is 0.00556. The fraction of sp³-hybridized carbons (Fsp3) is 0.0769. The summed E-state index contributed by atoms with van der Waals surface area (Å²) in [4.78, 5) is 27.9. The van der Waals surface area contributed by atoms with Crippen LogP contribution >= 0.6 is 11.6 Å². The van der Waals surface area contributed by atoms with Gasteiger partial charge < -0.3 is 14.2 Å². The maximum atomic E-state index is 12.9. The number of fused-ring (bicyclic) bond motifs is 1. The fourth-order valence-electron chi connectivity index (χ4n) is 3.86. The van der Waals surface area contributed by atoms with E-state index in [9.17, 15) is 14.9 Å². The highest BCUT2D eigenvalue weighted by molar-refractivity contribution is 6.17. The van der Waals surface area contributed by atoms with Crippen LogP contribution < -0.4 is 9.47 Å². The van der Waals surface area contributed by atoms with Crippen LogP contribution in [-0.4, -0.2) is 23.9 Å². The number of nitro groups is 1. The molecule has 0 saturated heterocycles. The molecule has 0 radical (unpaired) electrons. The van der Waals surface area contributed by atoms with Crippen molar-refractivity contribution in [2.75, 3.05) is 7.11 Å². The van der Waals surface area contributed by atoms with Gasteiger partial charge in [0.05, 0.1) is 17.9 Å². The maximum absolute atomic E-state index is 12.9. The first-order valence-electron chi connectivity index (χ1n) is 10.5. The van der Waals surface area contributed by atoms with E-state index in [1.165, 1.54) is 18.2 Å². The molecule has 174 valence electrons. The Kier molecular flexibility index (Phi) is 5.80. The lowest BCUT2D eigenvalue weighted by Crippen LogP contribution is -2.09. The van der Waals surface area contributed by atoms with Gasteiger partial charge in [-0.1, -0.05) is 24.3 Å². The van der Waals surface area contributed by atoms with Gasteiger partial charge in [-0.25, -0.2) is 9.79 Å². The molecule has 0 atom stereocenters. The summed E-state index contributed by atoms with van der Waals surface area (Å²) in [5, 5.41) is 11.1. The summed E-state index contributed by atoms with van der Waals surface area (Å²) in [6, 6.07) is 18.5. The molecule has 9 heteroatoms. The Morgan fingerprint density at radius 1 is 1.03 bits per heavy atom. The summed E-state index contributed by atoms with van der Waals surface area (Å²) in [6.45, 7) is 0. The van der Waals surface area contributed by atoms with E-state index in [1.54, 1.807) is 31.4 Å². The van der Waals surface area contributed by atoms with Crippen molar-refractivity contribution in [3.05, 3.63) is 111 Å². The van der Waals surface area contributed by atoms with Crippen molar-refractivity contribution in [1.82, 2.24) is 0 Å². The number of para-hydroxylation sites is 1. The highest BCUT2D eigenvalue weighted by Gasteiger charge is 2.31. The molecule has 2 aliphatic heterocycles. The molecule has 0 amide bonds. The van der Waals surface area contributed by atoms with E-state index in [1.807, 2.05) is 30.3 Å². The molecule has 0 N–H and O–H groups in total. The zero-order chi connectivity index (χ0) is 24.5. The second kappa shape index (κ2) is 9.08. The van der Waals surface area contributed by atoms with Gasteiger partial charge in [-0.05, 0) is 36.4 Å². The fourth-order valence-corrected chi connectivity index (χ4v) is 4.07.